The van der Waals surface area contributed by atoms with Crippen LogP contribution < -0.4 is 10.8 Å². The van der Waals surface area contributed by atoms with Crippen LogP contribution >= 0.6 is 11.3 Å². The van der Waals surface area contributed by atoms with Crippen LogP contribution in [0.1, 0.15) is 16.7 Å². The van der Waals surface area contributed by atoms with E-state index < -0.39 is 0 Å². The second-order valence-electron chi connectivity index (χ2n) is 7.50. The van der Waals surface area contributed by atoms with E-state index in [1.807, 2.05) is 24.3 Å². The van der Waals surface area contributed by atoms with E-state index in [0.29, 0.717) is 0 Å². The minimum Gasteiger partial charge on any atom is -0.456 e. The minimum absolute atomic E-state index is 0.769. The molecular formula is C25H21N3OS. The summed E-state index contributed by atoms with van der Waals surface area (Å²) in [7, 11) is 0. The smallest absolute Gasteiger partial charge is 0.204 e. The van der Waals surface area contributed by atoms with E-state index in [0.717, 1.165) is 43.0 Å². The van der Waals surface area contributed by atoms with Gasteiger partial charge in [-0.05, 0) is 56.2 Å². The molecule has 4 nitrogen and oxygen atoms in total. The fourth-order valence-corrected chi connectivity index (χ4v) is 4.21. The molecule has 5 heteroatoms. The number of benzene rings is 3. The molecule has 5 aromatic rings. The Hall–Kier alpha value is -3.44. The molecule has 5 rings (SSSR count). The molecule has 0 saturated carbocycles. The molecule has 3 aromatic carbocycles. The van der Waals surface area contributed by atoms with Crippen LogP contribution in [0.15, 0.2) is 76.2 Å². The predicted molar refractivity (Wildman–Crippen MR) is 125 cm³/mol. The van der Waals surface area contributed by atoms with Crippen LogP contribution in [0.25, 0.3) is 32.5 Å². The zero-order valence-corrected chi connectivity index (χ0v) is 17.9. The molecule has 0 bridgehead atoms. The van der Waals surface area contributed by atoms with Gasteiger partial charge in [0.15, 0.2) is 0 Å². The zero-order valence-electron chi connectivity index (χ0n) is 17.1. The van der Waals surface area contributed by atoms with Gasteiger partial charge in [-0.15, -0.1) is 0 Å². The van der Waals surface area contributed by atoms with Crippen molar-refractivity contribution in [2.45, 2.75) is 20.8 Å². The van der Waals surface area contributed by atoms with E-state index in [-0.39, 0.29) is 0 Å². The molecule has 0 spiro atoms. The number of thiazole rings is 1. The van der Waals surface area contributed by atoms with Gasteiger partial charge in [0.2, 0.25) is 5.13 Å². The molecule has 0 fully saturated rings. The van der Waals surface area contributed by atoms with E-state index in [2.05, 4.69) is 73.6 Å². The number of aromatic nitrogens is 1. The summed E-state index contributed by atoms with van der Waals surface area (Å²) >= 11 is 1.59. The Morgan fingerprint density at radius 2 is 1.67 bits per heavy atom. The number of rotatable bonds is 3. The number of hydrogen-bond donors (Lipinski definition) is 1. The summed E-state index contributed by atoms with van der Waals surface area (Å²) < 4.78 is 7.40. The highest BCUT2D eigenvalue weighted by molar-refractivity contribution is 7.22. The summed E-state index contributed by atoms with van der Waals surface area (Å²) in [6.07, 6.45) is 0. The van der Waals surface area contributed by atoms with Gasteiger partial charge in [0.05, 0.1) is 15.6 Å². The van der Waals surface area contributed by atoms with Crippen molar-refractivity contribution in [3.8, 4) is 11.3 Å². The molecule has 1 N–H and O–H groups in total. The van der Waals surface area contributed by atoms with Gasteiger partial charge in [0.25, 0.3) is 0 Å². The van der Waals surface area contributed by atoms with Crippen LogP contribution in [0.3, 0.4) is 0 Å². The van der Waals surface area contributed by atoms with Crippen molar-refractivity contribution < 1.29 is 4.42 Å². The maximum Gasteiger partial charge on any atom is 0.204 e. The number of anilines is 1. The molecule has 0 aliphatic carbocycles. The molecule has 0 amide bonds. The third-order valence-corrected chi connectivity index (χ3v) is 6.20. The zero-order chi connectivity index (χ0) is 20.7. The first kappa shape index (κ1) is 18.6. The van der Waals surface area contributed by atoms with Crippen LogP contribution in [0.5, 0.6) is 0 Å². The lowest BCUT2D eigenvalue weighted by Crippen LogP contribution is -2.08. The second-order valence-corrected chi connectivity index (χ2v) is 8.54. The number of fused-ring (bicyclic) bond motifs is 2. The SMILES string of the molecule is Cc1ccc(-c2c/c(=N/Nc3nc4ccccc4s3)c3cc(C)c(C)cc3o2)cc1. The molecule has 0 radical (unpaired) electrons. The maximum atomic E-state index is 6.26. The molecule has 30 heavy (non-hydrogen) atoms. The van der Waals surface area contributed by atoms with Gasteiger partial charge in [-0.3, -0.25) is 5.43 Å². The average molecular weight is 412 g/mol. The summed E-state index contributed by atoms with van der Waals surface area (Å²) in [6.45, 7) is 6.28. The summed E-state index contributed by atoms with van der Waals surface area (Å²) in [6, 6.07) is 22.6. The van der Waals surface area contributed by atoms with Gasteiger partial charge < -0.3 is 4.42 Å². The first-order valence-corrected chi connectivity index (χ1v) is 10.7. The third kappa shape index (κ3) is 3.48. The van der Waals surface area contributed by atoms with Crippen molar-refractivity contribution in [1.29, 1.82) is 0 Å². The largest absolute Gasteiger partial charge is 0.456 e. The van der Waals surface area contributed by atoms with Crippen molar-refractivity contribution in [3.63, 3.8) is 0 Å². The number of hydrogen-bond acceptors (Lipinski definition) is 5. The van der Waals surface area contributed by atoms with E-state index in [1.165, 1.54) is 16.7 Å². The molecule has 2 heterocycles. The number of para-hydroxylation sites is 1. The van der Waals surface area contributed by atoms with E-state index in [4.69, 9.17) is 9.52 Å². The van der Waals surface area contributed by atoms with Crippen molar-refractivity contribution in [3.05, 3.63) is 88.8 Å². The van der Waals surface area contributed by atoms with Gasteiger partial charge >= 0.3 is 0 Å². The number of aryl methyl sites for hydroxylation is 3. The summed E-state index contributed by atoms with van der Waals surface area (Å²) in [4.78, 5) is 4.62. The van der Waals surface area contributed by atoms with Crippen molar-refractivity contribution in [2.24, 2.45) is 5.10 Å². The van der Waals surface area contributed by atoms with Crippen molar-refractivity contribution in [1.82, 2.24) is 4.98 Å². The highest BCUT2D eigenvalue weighted by atomic mass is 32.1. The normalized spacial score (nSPS) is 12.0. The molecule has 0 atom stereocenters. The third-order valence-electron chi connectivity index (χ3n) is 5.26. The summed E-state index contributed by atoms with van der Waals surface area (Å²) in [5, 5.41) is 7.28. The Labute approximate surface area is 178 Å². The monoisotopic (exact) mass is 411 g/mol. The van der Waals surface area contributed by atoms with E-state index in [1.54, 1.807) is 11.3 Å². The highest BCUT2D eigenvalue weighted by Crippen LogP contribution is 2.26. The molecule has 0 aliphatic heterocycles. The first-order chi connectivity index (χ1) is 14.6. The van der Waals surface area contributed by atoms with Crippen molar-refractivity contribution in [2.75, 3.05) is 5.43 Å². The lowest BCUT2D eigenvalue weighted by Gasteiger charge is -2.08. The van der Waals surface area contributed by atoms with E-state index >= 15 is 0 Å². The molecule has 148 valence electrons. The van der Waals surface area contributed by atoms with Crippen LogP contribution in [0.2, 0.25) is 0 Å². The summed E-state index contributed by atoms with van der Waals surface area (Å²) in [5.74, 6) is 0.788. The predicted octanol–water partition coefficient (Wildman–Crippen LogP) is 6.56. The Bertz CT molecular complexity index is 1410. The first-order valence-electron chi connectivity index (χ1n) is 9.84. The van der Waals surface area contributed by atoms with Gasteiger partial charge in [-0.2, -0.15) is 5.10 Å². The Morgan fingerprint density at radius 3 is 2.47 bits per heavy atom. The topological polar surface area (TPSA) is 50.4 Å². The lowest BCUT2D eigenvalue weighted by atomic mass is 10.1. The Kier molecular flexibility index (Phi) is 4.60. The van der Waals surface area contributed by atoms with E-state index in [9.17, 15) is 0 Å². The van der Waals surface area contributed by atoms with Crippen LogP contribution in [-0.4, -0.2) is 4.98 Å². The minimum atomic E-state index is 0.769. The quantitative estimate of drug-likeness (QED) is 0.342. The number of nitrogens with one attached hydrogen (secondary N) is 1. The van der Waals surface area contributed by atoms with Crippen LogP contribution in [0.4, 0.5) is 5.13 Å². The molecule has 0 aliphatic rings. The maximum absolute atomic E-state index is 6.26. The fraction of sp³-hybridized carbons (Fsp3) is 0.120. The van der Waals surface area contributed by atoms with Gasteiger partial charge in [-0.1, -0.05) is 53.3 Å². The second kappa shape index (κ2) is 7.43. The number of nitrogens with zero attached hydrogens (tertiary/aromatic N) is 2. The standard InChI is InChI=1S/C25H21N3OS/c1-15-8-10-18(11-9-15)22-14-21(19-12-16(2)17(3)13-23(19)29-22)27-28-25-26-20-6-4-5-7-24(20)30-25/h4-14H,1-3H3,(H,26,28)/b27-21-. The van der Waals surface area contributed by atoms with Crippen LogP contribution in [-0.2, 0) is 0 Å². The van der Waals surface area contributed by atoms with Crippen molar-refractivity contribution >= 4 is 37.7 Å². The highest BCUT2D eigenvalue weighted by Gasteiger charge is 2.09. The molecule has 0 unspecified atom stereocenters. The average Bonchev–Trinajstić information content (AvgIpc) is 3.16. The Morgan fingerprint density at radius 1 is 0.900 bits per heavy atom. The molecule has 0 saturated heterocycles. The van der Waals surface area contributed by atoms with Gasteiger partial charge in [0, 0.05) is 17.0 Å². The molecule has 2 aromatic heterocycles. The Balaban J connectivity index is 1.66. The molecular weight excluding hydrogens is 390 g/mol. The summed E-state index contributed by atoms with van der Waals surface area (Å²) in [5.41, 5.74) is 9.59. The lowest BCUT2D eigenvalue weighted by molar-refractivity contribution is 0.617. The fourth-order valence-electron chi connectivity index (χ4n) is 3.40. The van der Waals surface area contributed by atoms with Crippen LogP contribution in [0, 0.1) is 20.8 Å². The van der Waals surface area contributed by atoms with Gasteiger partial charge in [0.1, 0.15) is 11.3 Å². The van der Waals surface area contributed by atoms with Gasteiger partial charge in [-0.25, -0.2) is 4.98 Å².